The minimum Gasteiger partial charge on any atom is -0.352 e. The average Bonchev–Trinajstić information content (AvgIpc) is 2.92. The van der Waals surface area contributed by atoms with Crippen molar-refractivity contribution < 1.29 is 18.0 Å². The molecule has 1 N–H and O–H groups in total. The Labute approximate surface area is 240 Å². The van der Waals surface area contributed by atoms with Crippen molar-refractivity contribution in [3.63, 3.8) is 0 Å². The van der Waals surface area contributed by atoms with Crippen LogP contribution >= 0.6 is 15.9 Å². The molecule has 2 atom stereocenters. The Bertz CT molecular complexity index is 1360. The van der Waals surface area contributed by atoms with Gasteiger partial charge < -0.3 is 10.2 Å². The summed E-state index contributed by atoms with van der Waals surface area (Å²) in [6.45, 7) is 7.32. The summed E-state index contributed by atoms with van der Waals surface area (Å²) in [5.41, 5.74) is 2.11. The van der Waals surface area contributed by atoms with E-state index in [9.17, 15) is 18.0 Å². The number of anilines is 1. The maximum Gasteiger partial charge on any atom is 0.264 e. The number of aryl methyl sites for hydroxylation is 1. The van der Waals surface area contributed by atoms with Crippen molar-refractivity contribution >= 4 is 43.5 Å². The van der Waals surface area contributed by atoms with Crippen LogP contribution in [0.3, 0.4) is 0 Å². The average molecular weight is 615 g/mol. The van der Waals surface area contributed by atoms with Gasteiger partial charge in [-0.1, -0.05) is 83.9 Å². The lowest BCUT2D eigenvalue weighted by molar-refractivity contribution is -0.140. The molecule has 0 radical (unpaired) electrons. The third kappa shape index (κ3) is 7.92. The van der Waals surface area contributed by atoms with Crippen molar-refractivity contribution in [2.45, 2.75) is 64.1 Å². The fraction of sp³-hybridized carbons (Fsp3) is 0.333. The van der Waals surface area contributed by atoms with Gasteiger partial charge in [0.1, 0.15) is 12.6 Å². The molecule has 2 unspecified atom stereocenters. The minimum absolute atomic E-state index is 0.0553. The number of amides is 2. The fourth-order valence-electron chi connectivity index (χ4n) is 4.14. The molecule has 0 aliphatic heterocycles. The van der Waals surface area contributed by atoms with Gasteiger partial charge in [0.05, 0.1) is 10.6 Å². The Kier molecular flexibility index (Phi) is 10.7. The summed E-state index contributed by atoms with van der Waals surface area (Å²) in [5, 5.41) is 2.98. The zero-order valence-corrected chi connectivity index (χ0v) is 25.2. The van der Waals surface area contributed by atoms with Gasteiger partial charge >= 0.3 is 0 Å². The van der Waals surface area contributed by atoms with Gasteiger partial charge in [-0.2, -0.15) is 0 Å². The number of carbonyl (C=O) groups is 2. The summed E-state index contributed by atoms with van der Waals surface area (Å²) >= 11 is 3.42. The van der Waals surface area contributed by atoms with E-state index in [0.29, 0.717) is 16.6 Å². The molecule has 39 heavy (non-hydrogen) atoms. The molecule has 0 aromatic heterocycles. The van der Waals surface area contributed by atoms with Gasteiger partial charge in [-0.25, -0.2) is 8.42 Å². The van der Waals surface area contributed by atoms with E-state index in [1.807, 2.05) is 58.0 Å². The lowest BCUT2D eigenvalue weighted by Gasteiger charge is -2.33. The Hall–Kier alpha value is -3.17. The van der Waals surface area contributed by atoms with Crippen LogP contribution in [0.1, 0.15) is 44.7 Å². The fourth-order valence-corrected chi connectivity index (χ4v) is 5.93. The molecule has 3 aromatic rings. The van der Waals surface area contributed by atoms with Crippen molar-refractivity contribution in [1.82, 2.24) is 10.2 Å². The van der Waals surface area contributed by atoms with E-state index in [1.54, 1.807) is 36.4 Å². The molecule has 0 bridgehead atoms. The summed E-state index contributed by atoms with van der Waals surface area (Å²) in [5.74, 6) is -0.729. The van der Waals surface area contributed by atoms with Crippen LogP contribution in [-0.4, -0.2) is 43.8 Å². The number of benzene rings is 3. The molecule has 208 valence electrons. The first-order valence-corrected chi connectivity index (χ1v) is 15.3. The molecule has 0 saturated carbocycles. The molecule has 0 aliphatic carbocycles. The number of carbonyl (C=O) groups excluding carboxylic acids is 2. The van der Waals surface area contributed by atoms with Crippen LogP contribution in [0.5, 0.6) is 0 Å². The summed E-state index contributed by atoms with van der Waals surface area (Å²) in [6.07, 6.45) is 1.13. The van der Waals surface area contributed by atoms with E-state index in [-0.39, 0.29) is 23.4 Å². The Balaban J connectivity index is 2.04. The van der Waals surface area contributed by atoms with E-state index in [1.165, 1.54) is 17.0 Å². The third-order valence-corrected chi connectivity index (χ3v) is 8.85. The molecule has 0 spiro atoms. The van der Waals surface area contributed by atoms with Gasteiger partial charge in [0, 0.05) is 17.1 Å². The highest BCUT2D eigenvalue weighted by Crippen LogP contribution is 2.27. The molecule has 3 rings (SSSR count). The number of halogens is 1. The standard InChI is InChI=1S/C30H36BrN3O4S/c1-5-23(4)32-30(36)28(6-2)33(20-24-11-8-7-9-12-24)29(35)21-34(26-14-10-13-25(31)19-26)39(37,38)27-17-15-22(3)16-18-27/h7-19,23,28H,5-6,20-21H2,1-4H3,(H,32,36). The van der Waals surface area contributed by atoms with Crippen molar-refractivity contribution in [2.24, 2.45) is 0 Å². The van der Waals surface area contributed by atoms with Crippen LogP contribution in [-0.2, 0) is 26.2 Å². The number of nitrogens with one attached hydrogen (secondary N) is 1. The Morgan fingerprint density at radius 1 is 0.923 bits per heavy atom. The molecule has 0 aliphatic rings. The zero-order valence-electron chi connectivity index (χ0n) is 22.8. The van der Waals surface area contributed by atoms with Crippen molar-refractivity contribution in [3.8, 4) is 0 Å². The zero-order chi connectivity index (χ0) is 28.6. The van der Waals surface area contributed by atoms with Crippen molar-refractivity contribution in [3.05, 3.63) is 94.5 Å². The highest BCUT2D eigenvalue weighted by Gasteiger charge is 2.34. The lowest BCUT2D eigenvalue weighted by Crippen LogP contribution is -2.53. The summed E-state index contributed by atoms with van der Waals surface area (Å²) < 4.78 is 29.6. The lowest BCUT2D eigenvalue weighted by atomic mass is 10.1. The summed E-state index contributed by atoms with van der Waals surface area (Å²) in [6, 6.07) is 21.9. The number of rotatable bonds is 12. The predicted octanol–water partition coefficient (Wildman–Crippen LogP) is 5.67. The summed E-state index contributed by atoms with van der Waals surface area (Å²) in [7, 11) is -4.10. The predicted molar refractivity (Wildman–Crippen MR) is 159 cm³/mol. The number of hydrogen-bond donors (Lipinski definition) is 1. The first-order valence-electron chi connectivity index (χ1n) is 13.1. The highest BCUT2D eigenvalue weighted by molar-refractivity contribution is 9.10. The molecule has 0 heterocycles. The highest BCUT2D eigenvalue weighted by atomic mass is 79.9. The molecule has 9 heteroatoms. The normalized spacial score (nSPS) is 12.8. The Morgan fingerprint density at radius 2 is 1.59 bits per heavy atom. The maximum atomic E-state index is 14.0. The smallest absolute Gasteiger partial charge is 0.264 e. The molecular weight excluding hydrogens is 578 g/mol. The van der Waals surface area contributed by atoms with Gasteiger partial charge in [-0.05, 0) is 62.6 Å². The van der Waals surface area contributed by atoms with Crippen molar-refractivity contribution in [1.29, 1.82) is 0 Å². The van der Waals surface area contributed by atoms with Gasteiger partial charge in [-0.3, -0.25) is 13.9 Å². The van der Waals surface area contributed by atoms with Crippen LogP contribution in [0.4, 0.5) is 5.69 Å². The molecule has 0 saturated heterocycles. The maximum absolute atomic E-state index is 14.0. The Morgan fingerprint density at radius 3 is 2.18 bits per heavy atom. The van der Waals surface area contributed by atoms with Crippen LogP contribution in [0, 0.1) is 6.92 Å². The van der Waals surface area contributed by atoms with E-state index in [2.05, 4.69) is 21.2 Å². The number of hydrogen-bond acceptors (Lipinski definition) is 4. The van der Waals surface area contributed by atoms with Gasteiger partial charge in [-0.15, -0.1) is 0 Å². The second kappa shape index (κ2) is 13.8. The number of nitrogens with zero attached hydrogens (tertiary/aromatic N) is 2. The molecular formula is C30H36BrN3O4S. The van der Waals surface area contributed by atoms with Crippen molar-refractivity contribution in [2.75, 3.05) is 10.8 Å². The van der Waals surface area contributed by atoms with Gasteiger partial charge in [0.25, 0.3) is 10.0 Å². The van der Waals surface area contributed by atoms with E-state index in [4.69, 9.17) is 0 Å². The van der Waals surface area contributed by atoms with Crippen LogP contribution in [0.15, 0.2) is 88.2 Å². The van der Waals surface area contributed by atoms with Gasteiger partial charge in [0.2, 0.25) is 11.8 Å². The molecule has 7 nitrogen and oxygen atoms in total. The van der Waals surface area contributed by atoms with E-state index in [0.717, 1.165) is 21.9 Å². The van der Waals surface area contributed by atoms with Crippen LogP contribution < -0.4 is 9.62 Å². The monoisotopic (exact) mass is 613 g/mol. The SMILES string of the molecule is CCC(C)NC(=O)C(CC)N(Cc1ccccc1)C(=O)CN(c1cccc(Br)c1)S(=O)(=O)c1ccc(C)cc1. The first kappa shape index (κ1) is 30.4. The molecule has 0 fully saturated rings. The van der Waals surface area contributed by atoms with E-state index >= 15 is 0 Å². The van der Waals surface area contributed by atoms with Crippen LogP contribution in [0.2, 0.25) is 0 Å². The largest absolute Gasteiger partial charge is 0.352 e. The third-order valence-electron chi connectivity index (χ3n) is 6.57. The first-order chi connectivity index (χ1) is 18.6. The second-order valence-electron chi connectivity index (χ2n) is 9.55. The minimum atomic E-state index is -4.10. The van der Waals surface area contributed by atoms with Crippen LogP contribution in [0.25, 0.3) is 0 Å². The van der Waals surface area contributed by atoms with E-state index < -0.39 is 28.5 Å². The van der Waals surface area contributed by atoms with Gasteiger partial charge in [0.15, 0.2) is 0 Å². The second-order valence-corrected chi connectivity index (χ2v) is 12.3. The quantitative estimate of drug-likeness (QED) is 0.285. The topological polar surface area (TPSA) is 86.8 Å². The number of sulfonamides is 1. The molecule has 3 aromatic carbocycles. The molecule has 2 amide bonds. The summed E-state index contributed by atoms with van der Waals surface area (Å²) in [4.78, 5) is 28.9.